The van der Waals surface area contributed by atoms with E-state index in [0.29, 0.717) is 5.94 Å². The maximum atomic E-state index is 4.46. The Morgan fingerprint density at radius 1 is 2.00 bits per heavy atom. The molecule has 0 aromatic heterocycles. The third-order valence-corrected chi connectivity index (χ3v) is 0.603. The van der Waals surface area contributed by atoms with Crippen molar-refractivity contribution in [3.8, 4) is 0 Å². The van der Waals surface area contributed by atoms with Gasteiger partial charge in [-0.15, -0.1) is 16.9 Å². The molecule has 0 N–H and O–H groups in total. The van der Waals surface area contributed by atoms with Crippen LogP contribution in [0.3, 0.4) is 0 Å². The fourth-order valence-electron chi connectivity index (χ4n) is 0.0900. The average Bonchev–Trinajstić information content (AvgIpc) is 1.61. The van der Waals surface area contributed by atoms with E-state index in [1.165, 1.54) is 0 Å². The predicted molar refractivity (Wildman–Crippen MR) is 29.0 cm³/mol. The highest BCUT2D eigenvalue weighted by Crippen LogP contribution is 1.89. The molecule has 0 rings (SSSR count). The Bertz CT molecular complexity index is 39.8. The largest absolute Gasteiger partial charge is 0.385 e. The van der Waals surface area contributed by atoms with Crippen molar-refractivity contribution in [2.45, 2.75) is 0 Å². The molecule has 0 aromatic carbocycles. The van der Waals surface area contributed by atoms with Gasteiger partial charge in [0.05, 0.1) is 0 Å². The van der Waals surface area contributed by atoms with Gasteiger partial charge in [0.25, 0.3) is 0 Å². The minimum Gasteiger partial charge on any atom is -0.385 e. The second kappa shape index (κ2) is 4.82. The van der Waals surface area contributed by atoms with Crippen LogP contribution in [0.4, 0.5) is 0 Å². The molecule has 36 valence electrons. The van der Waals surface area contributed by atoms with Gasteiger partial charge in [-0.1, -0.05) is 0 Å². The molecular formula is C3H7NOS. The van der Waals surface area contributed by atoms with E-state index in [1.54, 1.807) is 11.8 Å². The predicted octanol–water partition coefficient (Wildman–Crippen LogP) is 0.939. The van der Waals surface area contributed by atoms with Crippen LogP contribution < -0.4 is 0 Å². The van der Waals surface area contributed by atoms with Gasteiger partial charge in [-0.2, -0.15) is 0 Å². The van der Waals surface area contributed by atoms with E-state index in [-0.39, 0.29) is 0 Å². The van der Waals surface area contributed by atoms with Crippen LogP contribution in [0.25, 0.3) is 0 Å². The molecule has 0 aliphatic rings. The number of nitrogens with zero attached hydrogens (tertiary/aromatic N) is 1. The van der Waals surface area contributed by atoms with Crippen molar-refractivity contribution in [3.63, 3.8) is 0 Å². The standard InChI is InChI=1S/C3H7NOS/c1-4-5-3-6-2/h1,3H2,2H3. The van der Waals surface area contributed by atoms with Crippen molar-refractivity contribution < 1.29 is 4.84 Å². The van der Waals surface area contributed by atoms with E-state index in [9.17, 15) is 0 Å². The van der Waals surface area contributed by atoms with Crippen LogP contribution in [-0.2, 0) is 4.84 Å². The van der Waals surface area contributed by atoms with Crippen LogP contribution in [0.15, 0.2) is 5.16 Å². The summed E-state index contributed by atoms with van der Waals surface area (Å²) in [4.78, 5) is 4.46. The van der Waals surface area contributed by atoms with Gasteiger partial charge < -0.3 is 4.84 Å². The number of thioether (sulfide) groups is 1. The summed E-state index contributed by atoms with van der Waals surface area (Å²) in [6.45, 7) is 3.11. The summed E-state index contributed by atoms with van der Waals surface area (Å²) in [6, 6.07) is 0. The first-order valence-electron chi connectivity index (χ1n) is 1.48. The molecule has 6 heavy (non-hydrogen) atoms. The molecule has 0 fully saturated rings. The first kappa shape index (κ1) is 5.82. The van der Waals surface area contributed by atoms with Gasteiger partial charge in [0, 0.05) is 6.72 Å². The van der Waals surface area contributed by atoms with E-state index in [1.807, 2.05) is 6.26 Å². The summed E-state index contributed by atoms with van der Waals surface area (Å²) in [7, 11) is 0. The lowest BCUT2D eigenvalue weighted by Crippen LogP contribution is -1.74. The molecular weight excluding hydrogens is 98.1 g/mol. The second-order valence-electron chi connectivity index (χ2n) is 0.665. The van der Waals surface area contributed by atoms with Crippen molar-refractivity contribution in [1.29, 1.82) is 0 Å². The summed E-state index contributed by atoms with van der Waals surface area (Å²) in [6.07, 6.45) is 1.94. The van der Waals surface area contributed by atoms with E-state index in [2.05, 4.69) is 16.7 Å². The first-order chi connectivity index (χ1) is 2.91. The molecule has 0 amide bonds. The number of rotatable bonds is 3. The van der Waals surface area contributed by atoms with E-state index in [0.717, 1.165) is 0 Å². The molecule has 0 radical (unpaired) electrons. The molecule has 0 aliphatic carbocycles. The zero-order valence-corrected chi connectivity index (χ0v) is 4.49. The van der Waals surface area contributed by atoms with Crippen LogP contribution in [0.1, 0.15) is 0 Å². The van der Waals surface area contributed by atoms with Crippen molar-refractivity contribution >= 4 is 18.5 Å². The van der Waals surface area contributed by atoms with Crippen LogP contribution in [0, 0.1) is 0 Å². The van der Waals surface area contributed by atoms with Gasteiger partial charge in [-0.25, -0.2) is 0 Å². The van der Waals surface area contributed by atoms with Crippen molar-refractivity contribution in [1.82, 2.24) is 0 Å². The third-order valence-electron chi connectivity index (χ3n) is 0.262. The summed E-state index contributed by atoms with van der Waals surface area (Å²) >= 11 is 1.57. The van der Waals surface area contributed by atoms with Gasteiger partial charge in [0.1, 0.15) is 0 Å². The quantitative estimate of drug-likeness (QED) is 0.230. The molecule has 3 heteroatoms. The van der Waals surface area contributed by atoms with Gasteiger partial charge >= 0.3 is 0 Å². The number of hydrogen-bond donors (Lipinski definition) is 0. The Balaban J connectivity index is 2.49. The lowest BCUT2D eigenvalue weighted by Gasteiger charge is -1.87. The Kier molecular flexibility index (Phi) is 4.68. The zero-order valence-electron chi connectivity index (χ0n) is 3.68. The highest BCUT2D eigenvalue weighted by Gasteiger charge is 1.69. The molecule has 0 bridgehead atoms. The minimum absolute atomic E-state index is 0.601. The Morgan fingerprint density at radius 3 is 2.83 bits per heavy atom. The van der Waals surface area contributed by atoms with Crippen LogP contribution in [-0.4, -0.2) is 18.9 Å². The third kappa shape index (κ3) is 3.82. The summed E-state index contributed by atoms with van der Waals surface area (Å²) in [5.41, 5.74) is 0. The van der Waals surface area contributed by atoms with Crippen LogP contribution >= 0.6 is 11.8 Å². The highest BCUT2D eigenvalue weighted by molar-refractivity contribution is 7.98. The molecule has 0 heterocycles. The van der Waals surface area contributed by atoms with Crippen LogP contribution in [0.5, 0.6) is 0 Å². The molecule has 0 aromatic rings. The minimum atomic E-state index is 0.601. The van der Waals surface area contributed by atoms with E-state index < -0.39 is 0 Å². The van der Waals surface area contributed by atoms with E-state index in [4.69, 9.17) is 0 Å². The van der Waals surface area contributed by atoms with Crippen molar-refractivity contribution in [3.05, 3.63) is 0 Å². The maximum Gasteiger partial charge on any atom is 0.162 e. The first-order valence-corrected chi connectivity index (χ1v) is 2.88. The Morgan fingerprint density at radius 2 is 2.67 bits per heavy atom. The number of oxime groups is 1. The van der Waals surface area contributed by atoms with Crippen LogP contribution in [0.2, 0.25) is 0 Å². The average molecular weight is 105 g/mol. The zero-order chi connectivity index (χ0) is 4.83. The lowest BCUT2D eigenvalue weighted by atomic mass is 11.7. The Hall–Kier alpha value is -0.180. The summed E-state index contributed by atoms with van der Waals surface area (Å²) in [5, 5.41) is 3.15. The molecule has 0 atom stereocenters. The summed E-state index contributed by atoms with van der Waals surface area (Å²) in [5.74, 6) is 0.601. The maximum absolute atomic E-state index is 4.46. The van der Waals surface area contributed by atoms with Gasteiger partial charge in [-0.05, 0) is 6.26 Å². The molecule has 0 saturated carbocycles. The highest BCUT2D eigenvalue weighted by atomic mass is 32.2. The lowest BCUT2D eigenvalue weighted by molar-refractivity contribution is 0.200. The molecule has 0 spiro atoms. The molecule has 0 unspecified atom stereocenters. The SMILES string of the molecule is C=NOCSC. The second-order valence-corrected chi connectivity index (χ2v) is 1.48. The van der Waals surface area contributed by atoms with E-state index >= 15 is 0 Å². The van der Waals surface area contributed by atoms with Gasteiger partial charge in [0.2, 0.25) is 0 Å². The molecule has 0 aliphatic heterocycles. The van der Waals surface area contributed by atoms with Crippen molar-refractivity contribution in [2.24, 2.45) is 5.16 Å². The fraction of sp³-hybridized carbons (Fsp3) is 0.667. The topological polar surface area (TPSA) is 21.6 Å². The molecule has 0 saturated heterocycles. The normalized spacial score (nSPS) is 7.50. The number of hydrogen-bond acceptors (Lipinski definition) is 3. The van der Waals surface area contributed by atoms with Gasteiger partial charge in [-0.3, -0.25) is 0 Å². The monoisotopic (exact) mass is 105 g/mol. The fourth-order valence-corrected chi connectivity index (χ4v) is 0.270. The molecule has 2 nitrogen and oxygen atoms in total. The summed E-state index contributed by atoms with van der Waals surface area (Å²) < 4.78 is 0. The van der Waals surface area contributed by atoms with Crippen molar-refractivity contribution in [2.75, 3.05) is 12.2 Å². The van der Waals surface area contributed by atoms with Gasteiger partial charge in [0.15, 0.2) is 5.94 Å². The Labute approximate surface area is 41.6 Å². The smallest absolute Gasteiger partial charge is 0.162 e.